The van der Waals surface area contributed by atoms with Crippen LogP contribution in [0.4, 0.5) is 0 Å². The number of benzene rings is 2. The number of allylic oxidation sites excluding steroid dienone is 1. The van der Waals surface area contributed by atoms with Crippen molar-refractivity contribution >= 4 is 5.97 Å². The summed E-state index contributed by atoms with van der Waals surface area (Å²) < 4.78 is 12.6. The van der Waals surface area contributed by atoms with Crippen LogP contribution in [-0.2, 0) is 4.79 Å². The average Bonchev–Trinajstić information content (AvgIpc) is 3.04. The van der Waals surface area contributed by atoms with Crippen molar-refractivity contribution < 1.29 is 14.3 Å². The first kappa shape index (κ1) is 18.3. The highest BCUT2D eigenvalue weighted by atomic mass is 16.5. The summed E-state index contributed by atoms with van der Waals surface area (Å²) in [6, 6.07) is 18.7. The number of nitrogens with two attached hydrogens (primary N) is 1. The first-order valence-corrected chi connectivity index (χ1v) is 9.00. The Hall–Kier alpha value is -4.05. The van der Waals surface area contributed by atoms with Crippen molar-refractivity contribution in [3.05, 3.63) is 82.9 Å². The van der Waals surface area contributed by atoms with Crippen LogP contribution >= 0.6 is 0 Å². The molecule has 2 N–H and O–H groups in total. The lowest BCUT2D eigenvalue weighted by Gasteiger charge is -2.25. The van der Waals surface area contributed by atoms with Crippen molar-refractivity contribution in [2.75, 3.05) is 0 Å². The van der Waals surface area contributed by atoms with Gasteiger partial charge in [-0.25, -0.2) is 4.68 Å². The SMILES string of the molecule is CC(=O)Oc1ccc(C2C(C#N)=C(N)Oc3c2c(C)nn3-c2ccccc2)cc1. The number of carbonyl (C=O) groups excluding carboxylic acids is 1. The van der Waals surface area contributed by atoms with Gasteiger partial charge in [0.15, 0.2) is 0 Å². The molecule has 0 aliphatic carbocycles. The van der Waals surface area contributed by atoms with Gasteiger partial charge < -0.3 is 15.2 Å². The Balaban J connectivity index is 1.86. The topological polar surface area (TPSA) is 103 Å². The zero-order valence-corrected chi connectivity index (χ0v) is 15.9. The highest BCUT2D eigenvalue weighted by Crippen LogP contribution is 2.44. The Labute approximate surface area is 167 Å². The smallest absolute Gasteiger partial charge is 0.308 e. The standard InChI is InChI=1S/C22H18N4O3/c1-13-19-20(15-8-10-17(11-9-15)28-14(2)27)18(12-23)21(24)29-22(19)26(25-13)16-6-4-3-5-7-16/h3-11,20H,24H2,1-2H3. The number of nitriles is 1. The molecule has 0 saturated carbocycles. The van der Waals surface area contributed by atoms with Gasteiger partial charge in [0.2, 0.25) is 11.8 Å². The van der Waals surface area contributed by atoms with E-state index in [0.717, 1.165) is 22.5 Å². The van der Waals surface area contributed by atoms with Crippen LogP contribution in [0.3, 0.4) is 0 Å². The lowest BCUT2D eigenvalue weighted by Crippen LogP contribution is -2.22. The molecule has 1 aliphatic rings. The van der Waals surface area contributed by atoms with Gasteiger partial charge in [-0.2, -0.15) is 10.4 Å². The average molecular weight is 386 g/mol. The zero-order valence-electron chi connectivity index (χ0n) is 15.9. The molecule has 0 saturated heterocycles. The van der Waals surface area contributed by atoms with E-state index in [2.05, 4.69) is 11.2 Å². The molecule has 0 radical (unpaired) electrons. The number of aryl methyl sites for hydroxylation is 1. The van der Waals surface area contributed by atoms with Crippen LogP contribution in [0.2, 0.25) is 0 Å². The summed E-state index contributed by atoms with van der Waals surface area (Å²) in [6.45, 7) is 3.22. The molecule has 0 fully saturated rings. The van der Waals surface area contributed by atoms with Crippen LogP contribution < -0.4 is 15.2 Å². The van der Waals surface area contributed by atoms with E-state index < -0.39 is 11.9 Å². The van der Waals surface area contributed by atoms with Gasteiger partial charge in [0, 0.05) is 6.92 Å². The van der Waals surface area contributed by atoms with Gasteiger partial charge in [0.25, 0.3) is 0 Å². The number of fused-ring (bicyclic) bond motifs is 1. The van der Waals surface area contributed by atoms with Crippen LogP contribution in [0.25, 0.3) is 5.69 Å². The lowest BCUT2D eigenvalue weighted by molar-refractivity contribution is -0.131. The highest BCUT2D eigenvalue weighted by Gasteiger charge is 2.36. The van der Waals surface area contributed by atoms with Crippen molar-refractivity contribution in [3.63, 3.8) is 0 Å². The summed E-state index contributed by atoms with van der Waals surface area (Å²) >= 11 is 0. The quantitative estimate of drug-likeness (QED) is 0.547. The van der Waals surface area contributed by atoms with Gasteiger partial charge in [-0.15, -0.1) is 0 Å². The van der Waals surface area contributed by atoms with E-state index in [-0.39, 0.29) is 5.88 Å². The van der Waals surface area contributed by atoms with Gasteiger partial charge >= 0.3 is 5.97 Å². The van der Waals surface area contributed by atoms with E-state index in [1.54, 1.807) is 16.8 Å². The van der Waals surface area contributed by atoms with Crippen molar-refractivity contribution in [2.45, 2.75) is 19.8 Å². The van der Waals surface area contributed by atoms with Crippen molar-refractivity contribution in [3.8, 4) is 23.4 Å². The van der Waals surface area contributed by atoms with Crippen LogP contribution in [0, 0.1) is 18.3 Å². The van der Waals surface area contributed by atoms with Gasteiger partial charge in [0.05, 0.1) is 22.9 Å². The third-order valence-electron chi connectivity index (χ3n) is 4.71. The van der Waals surface area contributed by atoms with Crippen molar-refractivity contribution in [1.82, 2.24) is 9.78 Å². The van der Waals surface area contributed by atoms with Gasteiger partial charge in [-0.3, -0.25) is 4.79 Å². The molecule has 4 rings (SSSR count). The minimum Gasteiger partial charge on any atom is -0.427 e. The maximum absolute atomic E-state index is 11.2. The molecule has 1 aromatic heterocycles. The highest BCUT2D eigenvalue weighted by molar-refractivity contribution is 5.69. The van der Waals surface area contributed by atoms with E-state index in [4.69, 9.17) is 15.2 Å². The molecule has 2 aromatic carbocycles. The number of rotatable bonds is 3. The maximum Gasteiger partial charge on any atom is 0.308 e. The normalized spacial score (nSPS) is 15.3. The fourth-order valence-corrected chi connectivity index (χ4v) is 3.49. The molecule has 0 spiro atoms. The van der Waals surface area contributed by atoms with Gasteiger partial charge in [0.1, 0.15) is 17.4 Å². The molecule has 1 aliphatic heterocycles. The third-order valence-corrected chi connectivity index (χ3v) is 4.71. The van der Waals surface area contributed by atoms with E-state index in [1.165, 1.54) is 6.92 Å². The summed E-state index contributed by atoms with van der Waals surface area (Å²) in [6.07, 6.45) is 0. The Kier molecular flexibility index (Phi) is 4.53. The van der Waals surface area contributed by atoms with Crippen LogP contribution in [0.5, 0.6) is 11.6 Å². The summed E-state index contributed by atoms with van der Waals surface area (Å²) in [5.41, 5.74) is 9.58. The second-order valence-corrected chi connectivity index (χ2v) is 6.64. The molecule has 144 valence electrons. The fraction of sp³-hybridized carbons (Fsp3) is 0.136. The maximum atomic E-state index is 11.2. The predicted octanol–water partition coefficient (Wildman–Crippen LogP) is 3.32. The molecule has 0 bridgehead atoms. The van der Waals surface area contributed by atoms with Crippen molar-refractivity contribution in [2.24, 2.45) is 5.73 Å². The Morgan fingerprint density at radius 2 is 1.90 bits per heavy atom. The van der Waals surface area contributed by atoms with Gasteiger partial charge in [-0.05, 0) is 36.8 Å². The first-order chi connectivity index (χ1) is 14.0. The second kappa shape index (κ2) is 7.17. The van der Waals surface area contributed by atoms with E-state index in [9.17, 15) is 10.1 Å². The number of esters is 1. The second-order valence-electron chi connectivity index (χ2n) is 6.64. The molecular weight excluding hydrogens is 368 g/mol. The number of aromatic nitrogens is 2. The summed E-state index contributed by atoms with van der Waals surface area (Å²) in [4.78, 5) is 11.2. The van der Waals surface area contributed by atoms with Crippen LogP contribution in [-0.4, -0.2) is 15.7 Å². The zero-order chi connectivity index (χ0) is 20.5. The van der Waals surface area contributed by atoms with E-state index in [1.807, 2.05) is 49.4 Å². The molecule has 0 amide bonds. The predicted molar refractivity (Wildman–Crippen MR) is 105 cm³/mol. The molecule has 29 heavy (non-hydrogen) atoms. The summed E-state index contributed by atoms with van der Waals surface area (Å²) in [7, 11) is 0. The summed E-state index contributed by atoms with van der Waals surface area (Å²) in [5, 5.41) is 14.4. The summed E-state index contributed by atoms with van der Waals surface area (Å²) in [5.74, 6) is 0.131. The van der Waals surface area contributed by atoms with Gasteiger partial charge in [-0.1, -0.05) is 30.3 Å². The van der Waals surface area contributed by atoms with E-state index in [0.29, 0.717) is 17.2 Å². The monoisotopic (exact) mass is 386 g/mol. The van der Waals surface area contributed by atoms with Crippen LogP contribution in [0.15, 0.2) is 66.1 Å². The Bertz CT molecular complexity index is 1160. The minimum absolute atomic E-state index is 0.0474. The lowest BCUT2D eigenvalue weighted by atomic mass is 9.84. The molecule has 7 nitrogen and oxygen atoms in total. The molecule has 2 heterocycles. The molecule has 1 atom stereocenters. The fourth-order valence-electron chi connectivity index (χ4n) is 3.49. The molecular formula is C22H18N4O3. The third kappa shape index (κ3) is 3.21. The Morgan fingerprint density at radius 3 is 2.52 bits per heavy atom. The number of hydrogen-bond donors (Lipinski definition) is 1. The van der Waals surface area contributed by atoms with E-state index >= 15 is 0 Å². The molecule has 7 heteroatoms. The van der Waals surface area contributed by atoms with Crippen molar-refractivity contribution in [1.29, 1.82) is 5.26 Å². The Morgan fingerprint density at radius 1 is 1.21 bits per heavy atom. The van der Waals surface area contributed by atoms with Crippen LogP contribution in [0.1, 0.15) is 29.7 Å². The number of hydrogen-bond acceptors (Lipinski definition) is 6. The number of nitrogens with zero attached hydrogens (tertiary/aromatic N) is 3. The first-order valence-electron chi connectivity index (χ1n) is 9.00. The molecule has 3 aromatic rings. The molecule has 1 unspecified atom stereocenters. The number of para-hydroxylation sites is 1. The number of ether oxygens (including phenoxy) is 2. The number of carbonyl (C=O) groups is 1. The largest absolute Gasteiger partial charge is 0.427 e. The minimum atomic E-state index is -0.437.